The van der Waals surface area contributed by atoms with Crippen molar-refractivity contribution in [2.45, 2.75) is 0 Å². The van der Waals surface area contributed by atoms with Crippen LogP contribution in [0.1, 0.15) is 10.4 Å². The van der Waals surface area contributed by atoms with E-state index >= 15 is 0 Å². The Morgan fingerprint density at radius 2 is 1.71 bits per heavy atom. The maximum atomic E-state index is 12.8. The van der Waals surface area contributed by atoms with E-state index in [0.29, 0.717) is 30.2 Å². The Morgan fingerprint density at radius 1 is 1.00 bits per heavy atom. The summed E-state index contributed by atoms with van der Waals surface area (Å²) >= 11 is 0. The minimum atomic E-state index is -0.00412. The summed E-state index contributed by atoms with van der Waals surface area (Å²) < 4.78 is 10.5. The minimum absolute atomic E-state index is 0.00412. The van der Waals surface area contributed by atoms with Gasteiger partial charge < -0.3 is 19.3 Å². The minimum Gasteiger partial charge on any atom is -0.497 e. The van der Waals surface area contributed by atoms with Gasteiger partial charge in [0.2, 0.25) is 0 Å². The van der Waals surface area contributed by atoms with E-state index in [1.54, 1.807) is 32.4 Å². The number of aromatic amines is 1. The largest absolute Gasteiger partial charge is 0.497 e. The number of methoxy groups -OCH3 is 2. The molecule has 1 fully saturated rings. The Kier molecular flexibility index (Phi) is 4.84. The maximum Gasteiger partial charge on any atom is 0.257 e. The van der Waals surface area contributed by atoms with Crippen LogP contribution < -0.4 is 19.4 Å². The summed E-state index contributed by atoms with van der Waals surface area (Å²) in [6.07, 6.45) is 3.82. The molecule has 3 rings (SSSR count). The van der Waals surface area contributed by atoms with Crippen LogP contribution in [-0.2, 0) is 0 Å². The third-order valence-corrected chi connectivity index (χ3v) is 4.27. The second-order valence-corrected chi connectivity index (χ2v) is 5.60. The molecule has 0 atom stereocenters. The average Bonchev–Trinajstić information content (AvgIpc) is 2.67. The van der Waals surface area contributed by atoms with E-state index in [2.05, 4.69) is 9.88 Å². The zero-order chi connectivity index (χ0) is 16.9. The summed E-state index contributed by atoms with van der Waals surface area (Å²) in [7, 11) is 3.16. The van der Waals surface area contributed by atoms with Crippen LogP contribution in [0, 0.1) is 0 Å². The average molecular weight is 328 g/mol. The van der Waals surface area contributed by atoms with Gasteiger partial charge in [-0.1, -0.05) is 0 Å². The third kappa shape index (κ3) is 3.27. The highest BCUT2D eigenvalue weighted by molar-refractivity contribution is 5.97. The summed E-state index contributed by atoms with van der Waals surface area (Å²) in [6.45, 7) is 3.00. The van der Waals surface area contributed by atoms with Crippen molar-refractivity contribution < 1.29 is 19.3 Å². The van der Waals surface area contributed by atoms with Crippen LogP contribution in [0.5, 0.6) is 11.5 Å². The first-order valence-corrected chi connectivity index (χ1v) is 7.95. The van der Waals surface area contributed by atoms with E-state index in [4.69, 9.17) is 9.47 Å². The fourth-order valence-corrected chi connectivity index (χ4v) is 2.90. The summed E-state index contributed by atoms with van der Waals surface area (Å²) in [6, 6.07) is 9.38. The molecule has 24 heavy (non-hydrogen) atoms. The molecule has 1 amide bonds. The van der Waals surface area contributed by atoms with Gasteiger partial charge in [0.25, 0.3) is 5.91 Å². The number of aromatic nitrogens is 1. The van der Waals surface area contributed by atoms with Crippen molar-refractivity contribution in [2.24, 2.45) is 0 Å². The van der Waals surface area contributed by atoms with E-state index < -0.39 is 0 Å². The molecular formula is C18H22N3O3+. The number of anilines is 1. The van der Waals surface area contributed by atoms with Gasteiger partial charge in [-0.2, -0.15) is 0 Å². The quantitative estimate of drug-likeness (QED) is 0.853. The highest BCUT2D eigenvalue weighted by atomic mass is 16.5. The van der Waals surface area contributed by atoms with Gasteiger partial charge in [-0.15, -0.1) is 0 Å². The van der Waals surface area contributed by atoms with Crippen molar-refractivity contribution >= 4 is 11.6 Å². The molecule has 0 spiro atoms. The Bertz CT molecular complexity index is 698. The maximum absolute atomic E-state index is 12.8. The van der Waals surface area contributed by atoms with E-state index in [-0.39, 0.29) is 5.91 Å². The summed E-state index contributed by atoms with van der Waals surface area (Å²) in [5, 5.41) is 0. The molecule has 0 radical (unpaired) electrons. The second-order valence-electron chi connectivity index (χ2n) is 5.60. The van der Waals surface area contributed by atoms with Gasteiger partial charge in [-0.25, -0.2) is 4.98 Å². The monoisotopic (exact) mass is 328 g/mol. The first-order chi connectivity index (χ1) is 11.7. The number of ether oxygens (including phenoxy) is 2. The Balaban J connectivity index is 1.69. The number of hydrogen-bond donors (Lipinski definition) is 0. The summed E-state index contributed by atoms with van der Waals surface area (Å²) in [5.41, 5.74) is 1.74. The number of carbonyl (C=O) groups is 1. The Hall–Kier alpha value is -2.76. The van der Waals surface area contributed by atoms with Crippen molar-refractivity contribution in [3.05, 3.63) is 48.3 Å². The smallest absolute Gasteiger partial charge is 0.257 e. The number of pyridine rings is 1. The second kappa shape index (κ2) is 7.21. The molecule has 0 bridgehead atoms. The number of amides is 1. The molecule has 1 aliphatic rings. The number of H-pyrrole nitrogens is 1. The molecule has 1 saturated heterocycles. The number of nitrogens with one attached hydrogen (secondary N) is 1. The molecule has 2 aromatic rings. The topological polar surface area (TPSA) is 56.2 Å². The molecule has 6 heteroatoms. The van der Waals surface area contributed by atoms with E-state index in [1.807, 2.05) is 29.4 Å². The number of benzene rings is 1. The van der Waals surface area contributed by atoms with Crippen LogP contribution in [0.15, 0.2) is 42.7 Å². The highest BCUT2D eigenvalue weighted by Crippen LogP contribution is 2.26. The molecular weight excluding hydrogens is 306 g/mol. The Morgan fingerprint density at radius 3 is 2.33 bits per heavy atom. The van der Waals surface area contributed by atoms with Crippen molar-refractivity contribution in [3.63, 3.8) is 0 Å². The lowest BCUT2D eigenvalue weighted by molar-refractivity contribution is -0.377. The third-order valence-electron chi connectivity index (χ3n) is 4.27. The van der Waals surface area contributed by atoms with Crippen LogP contribution in [0.4, 0.5) is 5.69 Å². The summed E-state index contributed by atoms with van der Waals surface area (Å²) in [4.78, 5) is 20.0. The highest BCUT2D eigenvalue weighted by Gasteiger charge is 2.24. The molecule has 2 heterocycles. The molecule has 126 valence electrons. The van der Waals surface area contributed by atoms with Crippen LogP contribution in [-0.4, -0.2) is 51.2 Å². The zero-order valence-electron chi connectivity index (χ0n) is 14.0. The van der Waals surface area contributed by atoms with Crippen LogP contribution in [0.2, 0.25) is 0 Å². The summed E-state index contributed by atoms with van der Waals surface area (Å²) in [5.74, 6) is 1.21. The number of rotatable bonds is 4. The van der Waals surface area contributed by atoms with Gasteiger partial charge in [0, 0.05) is 50.1 Å². The Labute approximate surface area is 141 Å². The molecule has 1 aliphatic heterocycles. The first kappa shape index (κ1) is 16.1. The fourth-order valence-electron chi connectivity index (χ4n) is 2.90. The first-order valence-electron chi connectivity index (χ1n) is 7.95. The van der Waals surface area contributed by atoms with Crippen molar-refractivity contribution in [1.82, 2.24) is 4.90 Å². The molecule has 6 nitrogen and oxygen atoms in total. The van der Waals surface area contributed by atoms with Crippen LogP contribution >= 0.6 is 0 Å². The van der Waals surface area contributed by atoms with Gasteiger partial charge in [-0.3, -0.25) is 4.79 Å². The van der Waals surface area contributed by atoms with Gasteiger partial charge >= 0.3 is 0 Å². The lowest BCUT2D eigenvalue weighted by Gasteiger charge is -2.36. The zero-order valence-corrected chi connectivity index (χ0v) is 14.0. The van der Waals surface area contributed by atoms with Gasteiger partial charge in [-0.05, 0) is 12.1 Å². The standard InChI is InChI=1S/C18H21N3O3/c1-23-15-3-4-16(17(13-15)24-2)18(22)21-11-9-20(10-12-21)14-5-7-19-8-6-14/h3-8,13H,9-12H2,1-2H3/p+1. The molecule has 0 saturated carbocycles. The fraction of sp³-hybridized carbons (Fsp3) is 0.333. The normalized spacial score (nSPS) is 14.4. The van der Waals surface area contributed by atoms with Crippen molar-refractivity contribution in [3.8, 4) is 11.5 Å². The predicted molar refractivity (Wildman–Crippen MR) is 90.7 cm³/mol. The van der Waals surface area contributed by atoms with Gasteiger partial charge in [0.1, 0.15) is 11.5 Å². The molecule has 0 aliphatic carbocycles. The lowest BCUT2D eigenvalue weighted by atomic mass is 10.1. The number of carbonyl (C=O) groups excluding carboxylic acids is 1. The van der Waals surface area contributed by atoms with Crippen LogP contribution in [0.25, 0.3) is 0 Å². The van der Waals surface area contributed by atoms with Crippen molar-refractivity contribution in [1.29, 1.82) is 0 Å². The molecule has 1 aromatic heterocycles. The number of hydrogen-bond acceptors (Lipinski definition) is 4. The van der Waals surface area contributed by atoms with Gasteiger partial charge in [0.15, 0.2) is 12.4 Å². The van der Waals surface area contributed by atoms with E-state index in [0.717, 1.165) is 13.1 Å². The number of piperazine rings is 1. The SMILES string of the molecule is COc1ccc(C(=O)N2CCN(c3cc[nH+]cc3)CC2)c(OC)c1. The van der Waals surface area contributed by atoms with Crippen LogP contribution in [0.3, 0.4) is 0 Å². The molecule has 0 unspecified atom stereocenters. The molecule has 1 aromatic carbocycles. The predicted octanol–water partition coefficient (Wildman–Crippen LogP) is 1.48. The van der Waals surface area contributed by atoms with Crippen molar-refractivity contribution in [2.75, 3.05) is 45.3 Å². The number of nitrogens with zero attached hydrogens (tertiary/aromatic N) is 2. The molecule has 1 N–H and O–H groups in total. The van der Waals surface area contributed by atoms with E-state index in [9.17, 15) is 4.79 Å². The van der Waals surface area contributed by atoms with E-state index in [1.165, 1.54) is 5.69 Å². The van der Waals surface area contributed by atoms with Gasteiger partial charge in [0.05, 0.1) is 19.8 Å². The lowest BCUT2D eigenvalue weighted by Crippen LogP contribution is -2.48.